The molecule has 1 aromatic rings. The third kappa shape index (κ3) is 2.73. The summed E-state index contributed by atoms with van der Waals surface area (Å²) in [5.41, 5.74) is 6.78. The highest BCUT2D eigenvalue weighted by molar-refractivity contribution is 7.89. The SMILES string of the molecule is C[C@@H]1Cc2cc(S(=O)(=O)N3CC[C@H](N)C[C@@H]3C)cc(Cl)c2O1. The van der Waals surface area contributed by atoms with E-state index in [4.69, 9.17) is 22.1 Å². The molecule has 1 saturated heterocycles. The van der Waals surface area contributed by atoms with Crippen LogP contribution in [0.4, 0.5) is 0 Å². The Balaban J connectivity index is 1.97. The van der Waals surface area contributed by atoms with E-state index < -0.39 is 10.0 Å². The minimum atomic E-state index is -3.56. The van der Waals surface area contributed by atoms with Crippen molar-refractivity contribution < 1.29 is 13.2 Å². The van der Waals surface area contributed by atoms with E-state index in [1.165, 1.54) is 10.4 Å². The Hall–Kier alpha value is -0.820. The smallest absolute Gasteiger partial charge is 0.243 e. The fourth-order valence-electron chi connectivity index (χ4n) is 3.29. The van der Waals surface area contributed by atoms with E-state index >= 15 is 0 Å². The molecule has 0 aliphatic carbocycles. The van der Waals surface area contributed by atoms with Gasteiger partial charge in [0, 0.05) is 30.6 Å². The van der Waals surface area contributed by atoms with E-state index in [1.54, 1.807) is 6.07 Å². The minimum Gasteiger partial charge on any atom is -0.489 e. The van der Waals surface area contributed by atoms with Crippen LogP contribution in [0, 0.1) is 0 Å². The molecule has 7 heteroatoms. The summed E-state index contributed by atoms with van der Waals surface area (Å²) < 4.78 is 33.0. The zero-order chi connectivity index (χ0) is 16.1. The van der Waals surface area contributed by atoms with Crippen molar-refractivity contribution in [2.24, 2.45) is 5.73 Å². The number of halogens is 1. The Morgan fingerprint density at radius 3 is 2.77 bits per heavy atom. The van der Waals surface area contributed by atoms with Gasteiger partial charge in [-0.25, -0.2) is 8.42 Å². The summed E-state index contributed by atoms with van der Waals surface area (Å²) in [7, 11) is -3.56. The molecule has 1 aromatic carbocycles. The Morgan fingerprint density at radius 1 is 1.36 bits per heavy atom. The van der Waals surface area contributed by atoms with Gasteiger partial charge in [-0.2, -0.15) is 4.31 Å². The highest BCUT2D eigenvalue weighted by Gasteiger charge is 2.35. The van der Waals surface area contributed by atoms with Gasteiger partial charge in [-0.3, -0.25) is 0 Å². The third-order valence-electron chi connectivity index (χ3n) is 4.38. The molecule has 3 rings (SSSR count). The number of sulfonamides is 1. The molecule has 2 aliphatic rings. The first-order valence-corrected chi connectivity index (χ1v) is 9.37. The maximum Gasteiger partial charge on any atom is 0.243 e. The van der Waals surface area contributed by atoms with E-state index in [9.17, 15) is 8.42 Å². The van der Waals surface area contributed by atoms with E-state index in [0.717, 1.165) is 5.56 Å². The van der Waals surface area contributed by atoms with Crippen LogP contribution >= 0.6 is 11.6 Å². The van der Waals surface area contributed by atoms with Crippen LogP contribution in [-0.2, 0) is 16.4 Å². The van der Waals surface area contributed by atoms with Crippen LogP contribution in [-0.4, -0.2) is 37.5 Å². The second-order valence-electron chi connectivity index (χ2n) is 6.28. The van der Waals surface area contributed by atoms with Gasteiger partial charge in [0.25, 0.3) is 0 Å². The van der Waals surface area contributed by atoms with Crippen molar-refractivity contribution in [3.63, 3.8) is 0 Å². The molecule has 0 radical (unpaired) electrons. The Kier molecular flexibility index (Phi) is 4.14. The highest BCUT2D eigenvalue weighted by atomic mass is 35.5. The van der Waals surface area contributed by atoms with E-state index in [2.05, 4.69) is 0 Å². The summed E-state index contributed by atoms with van der Waals surface area (Å²) in [4.78, 5) is 0.247. The van der Waals surface area contributed by atoms with Crippen LogP contribution in [0.1, 0.15) is 32.3 Å². The van der Waals surface area contributed by atoms with Gasteiger partial charge in [0.15, 0.2) is 0 Å². The first kappa shape index (κ1) is 16.1. The molecule has 0 saturated carbocycles. The second kappa shape index (κ2) is 5.67. The first-order chi connectivity index (χ1) is 10.3. The van der Waals surface area contributed by atoms with Crippen LogP contribution in [0.5, 0.6) is 5.75 Å². The Bertz CT molecular complexity index is 692. The molecule has 2 heterocycles. The zero-order valence-corrected chi connectivity index (χ0v) is 14.3. The maximum atomic E-state index is 12.9. The lowest BCUT2D eigenvalue weighted by Crippen LogP contribution is -2.48. The molecule has 0 unspecified atom stereocenters. The van der Waals surface area contributed by atoms with Crippen LogP contribution in [0.2, 0.25) is 5.02 Å². The quantitative estimate of drug-likeness (QED) is 0.892. The lowest BCUT2D eigenvalue weighted by atomic mass is 10.0. The number of nitrogens with zero attached hydrogens (tertiary/aromatic N) is 1. The monoisotopic (exact) mass is 344 g/mol. The van der Waals surface area contributed by atoms with Crippen molar-refractivity contribution in [2.75, 3.05) is 6.54 Å². The predicted octanol–water partition coefficient (Wildman–Crippen LogP) is 2.16. The van der Waals surface area contributed by atoms with Crippen molar-refractivity contribution >= 4 is 21.6 Å². The zero-order valence-electron chi connectivity index (χ0n) is 12.8. The molecule has 0 aromatic heterocycles. The highest BCUT2D eigenvalue weighted by Crippen LogP contribution is 2.39. The van der Waals surface area contributed by atoms with Crippen LogP contribution in [0.15, 0.2) is 17.0 Å². The predicted molar refractivity (Wildman–Crippen MR) is 85.8 cm³/mol. The van der Waals surface area contributed by atoms with Crippen LogP contribution in [0.25, 0.3) is 0 Å². The lowest BCUT2D eigenvalue weighted by Gasteiger charge is -2.35. The number of ether oxygens (including phenoxy) is 1. The summed E-state index contributed by atoms with van der Waals surface area (Å²) >= 11 is 6.22. The first-order valence-electron chi connectivity index (χ1n) is 7.55. The number of benzene rings is 1. The van der Waals surface area contributed by atoms with Crippen LogP contribution in [0.3, 0.4) is 0 Å². The van der Waals surface area contributed by atoms with Crippen molar-refractivity contribution in [1.82, 2.24) is 4.31 Å². The molecule has 0 spiro atoms. The molecule has 2 aliphatic heterocycles. The molecular weight excluding hydrogens is 324 g/mol. The van der Waals surface area contributed by atoms with Gasteiger partial charge >= 0.3 is 0 Å². The van der Waals surface area contributed by atoms with Gasteiger partial charge < -0.3 is 10.5 Å². The molecule has 1 fully saturated rings. The number of fused-ring (bicyclic) bond motifs is 1. The maximum absolute atomic E-state index is 12.9. The normalized spacial score (nSPS) is 29.2. The summed E-state index contributed by atoms with van der Waals surface area (Å²) in [5, 5.41) is 0.363. The molecule has 122 valence electrons. The molecule has 2 N–H and O–H groups in total. The second-order valence-corrected chi connectivity index (χ2v) is 8.57. The van der Waals surface area contributed by atoms with Crippen molar-refractivity contribution in [1.29, 1.82) is 0 Å². The fraction of sp³-hybridized carbons (Fsp3) is 0.600. The van der Waals surface area contributed by atoms with Gasteiger partial charge in [0.1, 0.15) is 11.9 Å². The fourth-order valence-corrected chi connectivity index (χ4v) is 5.37. The molecule has 22 heavy (non-hydrogen) atoms. The number of hydrogen-bond donors (Lipinski definition) is 1. The van der Waals surface area contributed by atoms with E-state index in [-0.39, 0.29) is 23.1 Å². The Labute approximate surface area is 136 Å². The van der Waals surface area contributed by atoms with E-state index in [1.807, 2.05) is 13.8 Å². The third-order valence-corrected chi connectivity index (χ3v) is 6.65. The minimum absolute atomic E-state index is 0.0253. The topological polar surface area (TPSA) is 72.6 Å². The van der Waals surface area contributed by atoms with Gasteiger partial charge in [-0.15, -0.1) is 0 Å². The average molecular weight is 345 g/mol. The lowest BCUT2D eigenvalue weighted by molar-refractivity contribution is 0.247. The molecule has 3 atom stereocenters. The average Bonchev–Trinajstić information content (AvgIpc) is 2.79. The van der Waals surface area contributed by atoms with Crippen molar-refractivity contribution in [3.05, 3.63) is 22.7 Å². The number of piperidine rings is 1. The standard InChI is InChI=1S/C15H21ClN2O3S/c1-9-5-12(17)3-4-18(9)22(19,20)13-7-11-6-10(2)21-15(11)14(16)8-13/h7-10,12H,3-6,17H2,1-2H3/t9-,10+,12-/m0/s1. The van der Waals surface area contributed by atoms with Crippen molar-refractivity contribution in [2.45, 2.75) is 56.2 Å². The van der Waals surface area contributed by atoms with E-state index in [0.29, 0.717) is 36.6 Å². The molecular formula is C15H21ClN2O3S. The van der Waals surface area contributed by atoms with Gasteiger partial charge in [-0.1, -0.05) is 11.6 Å². The van der Waals surface area contributed by atoms with Gasteiger partial charge in [0.2, 0.25) is 10.0 Å². The van der Waals surface area contributed by atoms with Gasteiger partial charge in [-0.05, 0) is 38.8 Å². The Morgan fingerprint density at radius 2 is 2.09 bits per heavy atom. The molecule has 0 bridgehead atoms. The number of nitrogens with two attached hydrogens (primary N) is 1. The summed E-state index contributed by atoms with van der Waals surface area (Å²) in [5.74, 6) is 0.613. The molecule has 0 amide bonds. The summed E-state index contributed by atoms with van der Waals surface area (Å²) in [6, 6.07) is 3.16. The summed E-state index contributed by atoms with van der Waals surface area (Å²) in [6.07, 6.45) is 2.07. The summed E-state index contributed by atoms with van der Waals surface area (Å²) in [6.45, 7) is 4.29. The van der Waals surface area contributed by atoms with Crippen molar-refractivity contribution in [3.8, 4) is 5.75 Å². The number of hydrogen-bond acceptors (Lipinski definition) is 4. The van der Waals surface area contributed by atoms with Gasteiger partial charge in [0.05, 0.1) is 9.92 Å². The van der Waals surface area contributed by atoms with Crippen LogP contribution < -0.4 is 10.5 Å². The largest absolute Gasteiger partial charge is 0.489 e. The molecule has 5 nitrogen and oxygen atoms in total. The number of rotatable bonds is 2.